The number of nitrogens with one attached hydrogen (secondary N) is 1. The standard InChI is InChI=1S/C17H28N2O2S/c1-13(2)19(5)21-12-15-6-8-16(9-7-15)18-17(20)10-11-22-14(3)4/h6-9,13-14H,10-12H2,1-5H3,(H,18,20). The molecule has 0 saturated carbocycles. The van der Waals surface area contributed by atoms with Crippen LogP contribution >= 0.6 is 11.8 Å². The van der Waals surface area contributed by atoms with Crippen molar-refractivity contribution in [2.75, 3.05) is 18.1 Å². The maximum Gasteiger partial charge on any atom is 0.225 e. The van der Waals surface area contributed by atoms with Crippen LogP contribution in [0.2, 0.25) is 0 Å². The predicted molar refractivity (Wildman–Crippen MR) is 95.0 cm³/mol. The lowest BCUT2D eigenvalue weighted by atomic mass is 10.2. The fraction of sp³-hybridized carbons (Fsp3) is 0.588. The summed E-state index contributed by atoms with van der Waals surface area (Å²) in [6.07, 6.45) is 0.549. The van der Waals surface area contributed by atoms with Crippen LogP contribution in [0.5, 0.6) is 0 Å². The molecule has 0 atom stereocenters. The second kappa shape index (κ2) is 9.87. The Morgan fingerprint density at radius 1 is 1.23 bits per heavy atom. The van der Waals surface area contributed by atoms with Crippen LogP contribution < -0.4 is 5.32 Å². The number of carbonyl (C=O) groups is 1. The van der Waals surface area contributed by atoms with Crippen LogP contribution in [-0.4, -0.2) is 35.1 Å². The Kier molecular flexibility index (Phi) is 8.53. The molecule has 0 unspecified atom stereocenters. The Bertz CT molecular complexity index is 446. The van der Waals surface area contributed by atoms with Crippen LogP contribution in [0.25, 0.3) is 0 Å². The summed E-state index contributed by atoms with van der Waals surface area (Å²) in [5.74, 6) is 0.924. The molecular weight excluding hydrogens is 296 g/mol. The molecule has 0 heterocycles. The lowest BCUT2D eigenvalue weighted by molar-refractivity contribution is -0.170. The van der Waals surface area contributed by atoms with Crippen LogP contribution in [0, 0.1) is 0 Å². The molecule has 1 aromatic rings. The minimum atomic E-state index is 0.0664. The monoisotopic (exact) mass is 324 g/mol. The number of thioether (sulfide) groups is 1. The maximum atomic E-state index is 11.8. The van der Waals surface area contributed by atoms with E-state index in [1.54, 1.807) is 11.8 Å². The van der Waals surface area contributed by atoms with E-state index in [0.29, 0.717) is 24.3 Å². The van der Waals surface area contributed by atoms with E-state index in [9.17, 15) is 4.79 Å². The van der Waals surface area contributed by atoms with E-state index in [-0.39, 0.29) is 5.91 Å². The lowest BCUT2D eigenvalue weighted by Crippen LogP contribution is -2.26. The van der Waals surface area contributed by atoms with Gasteiger partial charge in [0, 0.05) is 31.0 Å². The summed E-state index contributed by atoms with van der Waals surface area (Å²) in [6.45, 7) is 8.97. The number of hydrogen-bond acceptors (Lipinski definition) is 4. The van der Waals surface area contributed by atoms with Crippen molar-refractivity contribution in [2.24, 2.45) is 0 Å². The Hall–Kier alpha value is -1.04. The lowest BCUT2D eigenvalue weighted by Gasteiger charge is -2.20. The molecular formula is C17H28N2O2S. The molecule has 0 bridgehead atoms. The number of carbonyl (C=O) groups excluding carboxylic acids is 1. The second-order valence-corrected chi connectivity index (χ2v) is 7.51. The number of anilines is 1. The van der Waals surface area contributed by atoms with Gasteiger partial charge in [0.25, 0.3) is 0 Å². The Balaban J connectivity index is 2.36. The molecule has 0 aliphatic carbocycles. The van der Waals surface area contributed by atoms with Gasteiger partial charge in [-0.2, -0.15) is 16.8 Å². The maximum absolute atomic E-state index is 11.8. The first kappa shape index (κ1) is 19.0. The smallest absolute Gasteiger partial charge is 0.225 e. The number of benzene rings is 1. The summed E-state index contributed by atoms with van der Waals surface area (Å²) in [6, 6.07) is 8.14. The highest BCUT2D eigenvalue weighted by molar-refractivity contribution is 7.99. The first-order valence-corrected chi connectivity index (χ1v) is 8.79. The Morgan fingerprint density at radius 3 is 2.41 bits per heavy atom. The summed E-state index contributed by atoms with van der Waals surface area (Å²) in [5, 5.41) is 5.32. The normalized spacial score (nSPS) is 11.5. The van der Waals surface area contributed by atoms with Gasteiger partial charge in [0.15, 0.2) is 0 Å². The molecule has 0 saturated heterocycles. The summed E-state index contributed by atoms with van der Waals surface area (Å²) in [4.78, 5) is 17.4. The number of nitrogens with zero attached hydrogens (tertiary/aromatic N) is 1. The van der Waals surface area contributed by atoms with Crippen molar-refractivity contribution in [1.82, 2.24) is 5.06 Å². The fourth-order valence-corrected chi connectivity index (χ4v) is 2.40. The van der Waals surface area contributed by atoms with Gasteiger partial charge >= 0.3 is 0 Å². The van der Waals surface area contributed by atoms with E-state index in [1.165, 1.54) is 0 Å². The predicted octanol–water partition coefficient (Wildman–Crippen LogP) is 3.93. The van der Waals surface area contributed by atoms with Crippen molar-refractivity contribution < 1.29 is 9.63 Å². The highest BCUT2D eigenvalue weighted by Gasteiger charge is 2.05. The van der Waals surface area contributed by atoms with E-state index in [1.807, 2.05) is 36.4 Å². The van der Waals surface area contributed by atoms with Crippen LogP contribution in [0.4, 0.5) is 5.69 Å². The highest BCUT2D eigenvalue weighted by atomic mass is 32.2. The van der Waals surface area contributed by atoms with Gasteiger partial charge in [-0.25, -0.2) is 0 Å². The van der Waals surface area contributed by atoms with Gasteiger partial charge in [0.05, 0.1) is 6.61 Å². The zero-order valence-electron chi connectivity index (χ0n) is 14.3. The first-order valence-electron chi connectivity index (χ1n) is 7.74. The highest BCUT2D eigenvalue weighted by Crippen LogP contribution is 2.14. The van der Waals surface area contributed by atoms with Crippen molar-refractivity contribution in [3.63, 3.8) is 0 Å². The van der Waals surface area contributed by atoms with Crippen molar-refractivity contribution >= 4 is 23.4 Å². The number of rotatable bonds is 9. The summed E-state index contributed by atoms with van der Waals surface area (Å²) >= 11 is 1.80. The van der Waals surface area contributed by atoms with Gasteiger partial charge in [-0.3, -0.25) is 9.63 Å². The third-order valence-electron chi connectivity index (χ3n) is 3.18. The summed E-state index contributed by atoms with van der Waals surface area (Å²) < 4.78 is 0. The van der Waals surface area contributed by atoms with Gasteiger partial charge in [0.1, 0.15) is 0 Å². The van der Waals surface area contributed by atoms with Crippen LogP contribution in [0.15, 0.2) is 24.3 Å². The molecule has 124 valence electrons. The molecule has 1 N–H and O–H groups in total. The molecule has 1 aromatic carbocycles. The average molecular weight is 324 g/mol. The van der Waals surface area contributed by atoms with Crippen LogP contribution in [0.3, 0.4) is 0 Å². The van der Waals surface area contributed by atoms with Crippen molar-refractivity contribution in [3.8, 4) is 0 Å². The molecule has 22 heavy (non-hydrogen) atoms. The van der Waals surface area contributed by atoms with E-state index in [4.69, 9.17) is 4.84 Å². The third kappa shape index (κ3) is 7.82. The molecule has 0 spiro atoms. The van der Waals surface area contributed by atoms with E-state index < -0.39 is 0 Å². The van der Waals surface area contributed by atoms with E-state index in [2.05, 4.69) is 33.0 Å². The van der Waals surface area contributed by atoms with Gasteiger partial charge in [0.2, 0.25) is 5.91 Å². The van der Waals surface area contributed by atoms with Gasteiger partial charge < -0.3 is 5.32 Å². The molecule has 0 fully saturated rings. The SMILES string of the molecule is CC(C)SCCC(=O)Nc1ccc(CON(C)C(C)C)cc1. The number of amides is 1. The van der Waals surface area contributed by atoms with Gasteiger partial charge in [-0.1, -0.05) is 26.0 Å². The topological polar surface area (TPSA) is 41.6 Å². The van der Waals surface area contributed by atoms with Crippen LogP contribution in [-0.2, 0) is 16.2 Å². The molecule has 0 aromatic heterocycles. The molecule has 0 radical (unpaired) electrons. The minimum absolute atomic E-state index is 0.0664. The fourth-order valence-electron chi connectivity index (χ4n) is 1.62. The summed E-state index contributed by atoms with van der Waals surface area (Å²) in [5.41, 5.74) is 1.92. The van der Waals surface area contributed by atoms with Crippen LogP contribution in [0.1, 0.15) is 39.7 Å². The minimum Gasteiger partial charge on any atom is -0.326 e. The number of hydroxylamine groups is 2. The molecule has 1 amide bonds. The largest absolute Gasteiger partial charge is 0.326 e. The van der Waals surface area contributed by atoms with Crippen molar-refractivity contribution in [3.05, 3.63) is 29.8 Å². The molecule has 0 aliphatic heterocycles. The third-order valence-corrected chi connectivity index (χ3v) is 4.29. The van der Waals surface area contributed by atoms with E-state index >= 15 is 0 Å². The molecule has 1 rings (SSSR count). The molecule has 4 nitrogen and oxygen atoms in total. The van der Waals surface area contributed by atoms with Gasteiger partial charge in [-0.05, 0) is 36.8 Å². The second-order valence-electron chi connectivity index (χ2n) is 5.83. The summed E-state index contributed by atoms with van der Waals surface area (Å²) in [7, 11) is 1.93. The van der Waals surface area contributed by atoms with Gasteiger partial charge in [-0.15, -0.1) is 0 Å². The zero-order valence-corrected chi connectivity index (χ0v) is 15.1. The molecule has 5 heteroatoms. The number of hydrogen-bond donors (Lipinski definition) is 1. The average Bonchev–Trinajstić information content (AvgIpc) is 2.45. The van der Waals surface area contributed by atoms with Crippen molar-refractivity contribution in [1.29, 1.82) is 0 Å². The quantitative estimate of drug-likeness (QED) is 0.699. The Morgan fingerprint density at radius 2 is 1.86 bits per heavy atom. The zero-order chi connectivity index (χ0) is 16.5. The molecule has 0 aliphatic rings. The van der Waals surface area contributed by atoms with E-state index in [0.717, 1.165) is 17.0 Å². The Labute approximate surface area is 138 Å². The van der Waals surface area contributed by atoms with Crippen molar-refractivity contribution in [2.45, 2.75) is 52.0 Å². The first-order chi connectivity index (χ1) is 10.4.